The van der Waals surface area contributed by atoms with Gasteiger partial charge in [0, 0.05) is 6.42 Å². The van der Waals surface area contributed by atoms with Gasteiger partial charge in [-0.3, -0.25) is 4.79 Å². The second-order valence-corrected chi connectivity index (χ2v) is 4.18. The van der Waals surface area contributed by atoms with Gasteiger partial charge in [-0.05, 0) is 37.2 Å². The van der Waals surface area contributed by atoms with Crippen LogP contribution in [0, 0.1) is 11.8 Å². The first kappa shape index (κ1) is 8.03. The van der Waals surface area contributed by atoms with Gasteiger partial charge in [0.2, 0.25) is 0 Å². The highest BCUT2D eigenvalue weighted by atomic mass is 16.1. The van der Waals surface area contributed by atoms with E-state index in [9.17, 15) is 4.79 Å². The first-order chi connectivity index (χ1) is 5.77. The molecule has 66 valence electrons. The highest BCUT2D eigenvalue weighted by Gasteiger charge is 2.28. The van der Waals surface area contributed by atoms with Crippen molar-refractivity contribution in [2.45, 2.75) is 39.0 Å². The molecule has 0 spiro atoms. The molecule has 12 heavy (non-hydrogen) atoms. The summed E-state index contributed by atoms with van der Waals surface area (Å²) >= 11 is 0. The number of rotatable bonds is 0. The molecule has 0 unspecified atom stereocenters. The second kappa shape index (κ2) is 3.04. The Kier molecular flexibility index (Phi) is 2.03. The van der Waals surface area contributed by atoms with Crippen LogP contribution in [0.25, 0.3) is 0 Å². The fourth-order valence-corrected chi connectivity index (χ4v) is 2.55. The van der Waals surface area contributed by atoms with Gasteiger partial charge in [-0.25, -0.2) is 0 Å². The number of carbonyl (C=O) groups is 1. The SMILES string of the molecule is C[C@@H]1CCC[C@H]2CCC(=O)C=C21. The summed E-state index contributed by atoms with van der Waals surface area (Å²) in [6.45, 7) is 2.26. The molecule has 0 aliphatic heterocycles. The topological polar surface area (TPSA) is 17.1 Å². The minimum absolute atomic E-state index is 0.356. The van der Waals surface area contributed by atoms with Gasteiger partial charge < -0.3 is 0 Å². The molecule has 1 nitrogen and oxygen atoms in total. The Morgan fingerprint density at radius 2 is 2.17 bits per heavy atom. The Bertz CT molecular complexity index is 227. The number of carbonyl (C=O) groups excluding carboxylic acids is 1. The first-order valence-corrected chi connectivity index (χ1v) is 5.01. The molecular formula is C11H16O. The Morgan fingerprint density at radius 1 is 1.33 bits per heavy atom. The maximum absolute atomic E-state index is 11.2. The number of ketones is 1. The normalized spacial score (nSPS) is 35.8. The molecule has 0 N–H and O–H groups in total. The average molecular weight is 164 g/mol. The van der Waals surface area contributed by atoms with Gasteiger partial charge in [0.15, 0.2) is 5.78 Å². The van der Waals surface area contributed by atoms with Crippen molar-refractivity contribution in [3.05, 3.63) is 11.6 Å². The lowest BCUT2D eigenvalue weighted by Gasteiger charge is -2.32. The predicted octanol–water partition coefficient (Wildman–Crippen LogP) is 2.71. The first-order valence-electron chi connectivity index (χ1n) is 5.01. The smallest absolute Gasteiger partial charge is 0.155 e. The third-order valence-corrected chi connectivity index (χ3v) is 3.30. The zero-order chi connectivity index (χ0) is 8.55. The van der Waals surface area contributed by atoms with Crippen molar-refractivity contribution in [2.24, 2.45) is 11.8 Å². The van der Waals surface area contributed by atoms with E-state index in [1.807, 2.05) is 6.08 Å². The molecule has 2 atom stereocenters. The molecule has 1 fully saturated rings. The van der Waals surface area contributed by atoms with Gasteiger partial charge in [0.05, 0.1) is 0 Å². The average Bonchev–Trinajstić information content (AvgIpc) is 2.07. The van der Waals surface area contributed by atoms with Crippen molar-refractivity contribution in [2.75, 3.05) is 0 Å². The van der Waals surface area contributed by atoms with E-state index in [0.29, 0.717) is 11.7 Å². The summed E-state index contributed by atoms with van der Waals surface area (Å²) in [5.74, 6) is 1.79. The summed E-state index contributed by atoms with van der Waals surface area (Å²) in [6, 6.07) is 0. The van der Waals surface area contributed by atoms with Crippen LogP contribution < -0.4 is 0 Å². The van der Waals surface area contributed by atoms with E-state index >= 15 is 0 Å². The van der Waals surface area contributed by atoms with Gasteiger partial charge in [-0.15, -0.1) is 0 Å². The summed E-state index contributed by atoms with van der Waals surface area (Å²) < 4.78 is 0. The molecule has 1 saturated carbocycles. The highest BCUT2D eigenvalue weighted by Crippen LogP contribution is 2.38. The Morgan fingerprint density at radius 3 is 3.00 bits per heavy atom. The molecule has 2 aliphatic rings. The van der Waals surface area contributed by atoms with Crippen LogP contribution in [0.1, 0.15) is 39.0 Å². The Labute approximate surface area is 73.8 Å². The fourth-order valence-electron chi connectivity index (χ4n) is 2.55. The van der Waals surface area contributed by atoms with Crippen molar-refractivity contribution < 1.29 is 4.79 Å². The lowest BCUT2D eigenvalue weighted by atomic mass is 9.72. The van der Waals surface area contributed by atoms with E-state index in [-0.39, 0.29) is 0 Å². The second-order valence-electron chi connectivity index (χ2n) is 4.18. The van der Waals surface area contributed by atoms with Crippen molar-refractivity contribution in [1.29, 1.82) is 0 Å². The van der Waals surface area contributed by atoms with E-state index in [0.717, 1.165) is 18.8 Å². The third-order valence-electron chi connectivity index (χ3n) is 3.30. The number of fused-ring (bicyclic) bond motifs is 1. The van der Waals surface area contributed by atoms with E-state index in [1.165, 1.54) is 24.8 Å². The molecule has 0 saturated heterocycles. The molecule has 1 heteroatoms. The Hall–Kier alpha value is -0.590. The van der Waals surface area contributed by atoms with E-state index in [1.54, 1.807) is 0 Å². The minimum atomic E-state index is 0.356. The van der Waals surface area contributed by atoms with Crippen molar-refractivity contribution in [3.8, 4) is 0 Å². The molecule has 0 aromatic heterocycles. The summed E-state index contributed by atoms with van der Waals surface area (Å²) in [4.78, 5) is 11.2. The molecule has 2 aliphatic carbocycles. The van der Waals surface area contributed by atoms with Crippen molar-refractivity contribution >= 4 is 5.78 Å². The molecule has 0 amide bonds. The molecule has 0 radical (unpaired) electrons. The lowest BCUT2D eigenvalue weighted by molar-refractivity contribution is -0.115. The van der Waals surface area contributed by atoms with Gasteiger partial charge >= 0.3 is 0 Å². The predicted molar refractivity (Wildman–Crippen MR) is 48.8 cm³/mol. The van der Waals surface area contributed by atoms with Crippen molar-refractivity contribution in [3.63, 3.8) is 0 Å². The Balaban J connectivity index is 2.23. The van der Waals surface area contributed by atoms with Crippen LogP contribution >= 0.6 is 0 Å². The van der Waals surface area contributed by atoms with Crippen LogP contribution in [0.15, 0.2) is 11.6 Å². The van der Waals surface area contributed by atoms with Crippen LogP contribution in [0.4, 0.5) is 0 Å². The monoisotopic (exact) mass is 164 g/mol. The summed E-state index contributed by atoms with van der Waals surface area (Å²) in [7, 11) is 0. The molecule has 0 heterocycles. The van der Waals surface area contributed by atoms with Crippen LogP contribution in [0.5, 0.6) is 0 Å². The minimum Gasteiger partial charge on any atom is -0.295 e. The highest BCUT2D eigenvalue weighted by molar-refractivity contribution is 5.91. The zero-order valence-corrected chi connectivity index (χ0v) is 7.68. The quantitative estimate of drug-likeness (QED) is 0.538. The summed E-state index contributed by atoms with van der Waals surface area (Å²) in [5.41, 5.74) is 1.46. The largest absolute Gasteiger partial charge is 0.295 e. The number of hydrogen-bond acceptors (Lipinski definition) is 1. The zero-order valence-electron chi connectivity index (χ0n) is 7.68. The number of hydrogen-bond donors (Lipinski definition) is 0. The van der Waals surface area contributed by atoms with Gasteiger partial charge in [0.1, 0.15) is 0 Å². The van der Waals surface area contributed by atoms with Gasteiger partial charge in [-0.1, -0.05) is 18.9 Å². The maximum Gasteiger partial charge on any atom is 0.155 e. The third kappa shape index (κ3) is 1.33. The lowest BCUT2D eigenvalue weighted by Crippen LogP contribution is -2.22. The summed E-state index contributed by atoms with van der Waals surface area (Å²) in [5, 5.41) is 0. The molecular weight excluding hydrogens is 148 g/mol. The van der Waals surface area contributed by atoms with Gasteiger partial charge in [0.25, 0.3) is 0 Å². The fraction of sp³-hybridized carbons (Fsp3) is 0.727. The maximum atomic E-state index is 11.2. The van der Waals surface area contributed by atoms with Crippen LogP contribution in [0.2, 0.25) is 0 Å². The molecule has 2 rings (SSSR count). The van der Waals surface area contributed by atoms with E-state index in [4.69, 9.17) is 0 Å². The molecule has 0 aromatic rings. The van der Waals surface area contributed by atoms with Gasteiger partial charge in [-0.2, -0.15) is 0 Å². The van der Waals surface area contributed by atoms with Crippen LogP contribution in [-0.2, 0) is 4.79 Å². The number of allylic oxidation sites excluding steroid dienone is 2. The molecule has 0 aromatic carbocycles. The van der Waals surface area contributed by atoms with Crippen LogP contribution in [0.3, 0.4) is 0 Å². The summed E-state index contributed by atoms with van der Waals surface area (Å²) in [6.07, 6.45) is 7.81. The van der Waals surface area contributed by atoms with E-state index in [2.05, 4.69) is 6.92 Å². The van der Waals surface area contributed by atoms with Crippen LogP contribution in [-0.4, -0.2) is 5.78 Å². The molecule has 0 bridgehead atoms. The van der Waals surface area contributed by atoms with Crippen molar-refractivity contribution in [1.82, 2.24) is 0 Å². The van der Waals surface area contributed by atoms with E-state index < -0.39 is 0 Å². The standard InChI is InChI=1S/C11H16O/c1-8-3-2-4-9-5-6-10(12)7-11(8)9/h7-9H,2-6H2,1H3/t8-,9+/m1/s1.